The van der Waals surface area contributed by atoms with Gasteiger partial charge in [-0.05, 0) is 37.1 Å². The molecule has 84 valence electrons. The van der Waals surface area contributed by atoms with E-state index in [0.29, 0.717) is 6.04 Å². The van der Waals surface area contributed by atoms with Crippen molar-refractivity contribution in [3.05, 3.63) is 34.3 Å². The molecule has 3 heteroatoms. The second-order valence-electron chi connectivity index (χ2n) is 3.81. The van der Waals surface area contributed by atoms with Crippen molar-refractivity contribution in [2.75, 3.05) is 13.7 Å². The summed E-state index contributed by atoms with van der Waals surface area (Å²) in [5.41, 5.74) is 2.50. The normalized spacial score (nSPS) is 12.8. The average Bonchev–Trinajstić information content (AvgIpc) is 2.17. The highest BCUT2D eigenvalue weighted by molar-refractivity contribution is 6.30. The number of aryl methyl sites for hydroxylation is 1. The Labute approximate surface area is 96.6 Å². The van der Waals surface area contributed by atoms with Crippen LogP contribution in [-0.4, -0.2) is 19.8 Å². The van der Waals surface area contributed by atoms with E-state index >= 15 is 0 Å². The van der Waals surface area contributed by atoms with Crippen LogP contribution >= 0.6 is 11.6 Å². The summed E-state index contributed by atoms with van der Waals surface area (Å²) in [6.07, 6.45) is 0. The highest BCUT2D eigenvalue weighted by Crippen LogP contribution is 2.14. The minimum absolute atomic E-state index is 0.366. The maximum Gasteiger partial charge on any atom is 0.0613 e. The van der Waals surface area contributed by atoms with Crippen LogP contribution in [0.2, 0.25) is 5.02 Å². The van der Waals surface area contributed by atoms with Crippen LogP contribution < -0.4 is 5.32 Å². The maximum atomic E-state index is 5.89. The molecule has 0 bridgehead atoms. The van der Waals surface area contributed by atoms with Gasteiger partial charge >= 0.3 is 0 Å². The van der Waals surface area contributed by atoms with Crippen LogP contribution in [0, 0.1) is 6.92 Å². The second kappa shape index (κ2) is 6.11. The molecule has 0 aromatic heterocycles. The van der Waals surface area contributed by atoms with Gasteiger partial charge in [0.1, 0.15) is 0 Å². The quantitative estimate of drug-likeness (QED) is 0.835. The van der Waals surface area contributed by atoms with Crippen LogP contribution in [0.5, 0.6) is 0 Å². The number of hydrogen-bond donors (Lipinski definition) is 1. The van der Waals surface area contributed by atoms with E-state index in [1.807, 2.05) is 12.1 Å². The molecular weight excluding hydrogens is 210 g/mol. The summed E-state index contributed by atoms with van der Waals surface area (Å²) in [4.78, 5) is 0. The number of methoxy groups -OCH3 is 1. The Bertz CT molecular complexity index is 314. The monoisotopic (exact) mass is 227 g/mol. The molecule has 1 aromatic carbocycles. The van der Waals surface area contributed by atoms with Crippen molar-refractivity contribution in [2.45, 2.75) is 26.4 Å². The molecule has 0 saturated heterocycles. The van der Waals surface area contributed by atoms with Gasteiger partial charge in [-0.1, -0.05) is 17.7 Å². The summed E-state index contributed by atoms with van der Waals surface area (Å²) >= 11 is 5.89. The van der Waals surface area contributed by atoms with E-state index < -0.39 is 0 Å². The standard InChI is InChI=1S/C12H18ClNO/c1-9-6-12(13)5-4-11(9)7-14-10(2)8-15-3/h4-6,10,14H,7-8H2,1-3H3. The predicted molar refractivity (Wildman–Crippen MR) is 64.4 cm³/mol. The minimum Gasteiger partial charge on any atom is -0.383 e. The zero-order chi connectivity index (χ0) is 11.3. The summed E-state index contributed by atoms with van der Waals surface area (Å²) in [7, 11) is 1.71. The lowest BCUT2D eigenvalue weighted by Crippen LogP contribution is -2.29. The van der Waals surface area contributed by atoms with Gasteiger partial charge in [0.2, 0.25) is 0 Å². The molecule has 0 aliphatic carbocycles. The van der Waals surface area contributed by atoms with Crippen LogP contribution in [0.25, 0.3) is 0 Å². The van der Waals surface area contributed by atoms with Crippen molar-refractivity contribution in [2.24, 2.45) is 0 Å². The van der Waals surface area contributed by atoms with Gasteiger partial charge in [0, 0.05) is 24.7 Å². The first-order chi connectivity index (χ1) is 7.13. The Morgan fingerprint density at radius 2 is 2.20 bits per heavy atom. The number of rotatable bonds is 5. The zero-order valence-corrected chi connectivity index (χ0v) is 10.3. The number of benzene rings is 1. The third-order valence-electron chi connectivity index (χ3n) is 2.36. The van der Waals surface area contributed by atoms with E-state index in [1.54, 1.807) is 7.11 Å². The number of ether oxygens (including phenoxy) is 1. The first kappa shape index (κ1) is 12.5. The Morgan fingerprint density at radius 1 is 1.47 bits per heavy atom. The molecule has 0 amide bonds. The highest BCUT2D eigenvalue weighted by Gasteiger charge is 2.02. The fourth-order valence-corrected chi connectivity index (χ4v) is 1.68. The van der Waals surface area contributed by atoms with Crippen LogP contribution in [0.15, 0.2) is 18.2 Å². The fourth-order valence-electron chi connectivity index (χ4n) is 1.45. The molecular formula is C12H18ClNO. The first-order valence-corrected chi connectivity index (χ1v) is 5.48. The van der Waals surface area contributed by atoms with Gasteiger partial charge in [-0.3, -0.25) is 0 Å². The predicted octanol–water partition coefficient (Wildman–Crippen LogP) is 2.77. The second-order valence-corrected chi connectivity index (χ2v) is 4.24. The van der Waals surface area contributed by atoms with Gasteiger partial charge in [0.25, 0.3) is 0 Å². The minimum atomic E-state index is 0.366. The Kier molecular flexibility index (Phi) is 5.09. The Balaban J connectivity index is 2.50. The highest BCUT2D eigenvalue weighted by atomic mass is 35.5. The summed E-state index contributed by atoms with van der Waals surface area (Å²) < 4.78 is 5.06. The molecule has 0 aliphatic heterocycles. The van der Waals surface area contributed by atoms with Crippen molar-refractivity contribution >= 4 is 11.6 Å². The topological polar surface area (TPSA) is 21.3 Å². The number of hydrogen-bond acceptors (Lipinski definition) is 2. The lowest BCUT2D eigenvalue weighted by Gasteiger charge is -2.14. The first-order valence-electron chi connectivity index (χ1n) is 5.11. The van der Waals surface area contributed by atoms with E-state index in [1.165, 1.54) is 11.1 Å². The van der Waals surface area contributed by atoms with Crippen LogP contribution in [-0.2, 0) is 11.3 Å². The molecule has 0 aliphatic rings. The number of nitrogens with one attached hydrogen (secondary N) is 1. The van der Waals surface area contributed by atoms with Gasteiger partial charge in [-0.2, -0.15) is 0 Å². The third kappa shape index (κ3) is 4.20. The van der Waals surface area contributed by atoms with Gasteiger partial charge in [0.05, 0.1) is 6.61 Å². The lowest BCUT2D eigenvalue weighted by atomic mass is 10.1. The van der Waals surface area contributed by atoms with E-state index in [9.17, 15) is 0 Å². The summed E-state index contributed by atoms with van der Waals surface area (Å²) in [5, 5.41) is 4.18. The fraction of sp³-hybridized carbons (Fsp3) is 0.500. The summed E-state index contributed by atoms with van der Waals surface area (Å²) in [5.74, 6) is 0. The van der Waals surface area contributed by atoms with E-state index in [4.69, 9.17) is 16.3 Å². The van der Waals surface area contributed by atoms with E-state index in [0.717, 1.165) is 18.2 Å². The molecule has 1 N–H and O–H groups in total. The smallest absolute Gasteiger partial charge is 0.0613 e. The molecule has 1 unspecified atom stereocenters. The molecule has 15 heavy (non-hydrogen) atoms. The molecule has 1 aromatic rings. The van der Waals surface area contributed by atoms with Gasteiger partial charge in [0.15, 0.2) is 0 Å². The van der Waals surface area contributed by atoms with Gasteiger partial charge in [-0.15, -0.1) is 0 Å². The molecule has 0 radical (unpaired) electrons. The SMILES string of the molecule is COCC(C)NCc1ccc(Cl)cc1C. The summed E-state index contributed by atoms with van der Waals surface area (Å²) in [6, 6.07) is 6.33. The zero-order valence-electron chi connectivity index (χ0n) is 9.51. The van der Waals surface area contributed by atoms with Crippen molar-refractivity contribution < 1.29 is 4.74 Å². The Morgan fingerprint density at radius 3 is 2.80 bits per heavy atom. The van der Waals surface area contributed by atoms with Gasteiger partial charge in [-0.25, -0.2) is 0 Å². The molecule has 1 rings (SSSR count). The van der Waals surface area contributed by atoms with E-state index in [-0.39, 0.29) is 0 Å². The van der Waals surface area contributed by atoms with Gasteiger partial charge < -0.3 is 10.1 Å². The largest absolute Gasteiger partial charge is 0.383 e. The van der Waals surface area contributed by atoms with Crippen molar-refractivity contribution in [3.8, 4) is 0 Å². The number of halogens is 1. The maximum absolute atomic E-state index is 5.89. The van der Waals surface area contributed by atoms with Crippen LogP contribution in [0.3, 0.4) is 0 Å². The van der Waals surface area contributed by atoms with Crippen molar-refractivity contribution in [3.63, 3.8) is 0 Å². The molecule has 0 fully saturated rings. The average molecular weight is 228 g/mol. The third-order valence-corrected chi connectivity index (χ3v) is 2.60. The van der Waals surface area contributed by atoms with Crippen molar-refractivity contribution in [1.29, 1.82) is 0 Å². The Hall–Kier alpha value is -0.570. The molecule has 1 atom stereocenters. The molecule has 0 spiro atoms. The van der Waals surface area contributed by atoms with Crippen LogP contribution in [0.4, 0.5) is 0 Å². The molecule has 0 heterocycles. The molecule has 0 saturated carbocycles. The van der Waals surface area contributed by atoms with E-state index in [2.05, 4.69) is 25.2 Å². The summed E-state index contributed by atoms with van der Waals surface area (Å²) in [6.45, 7) is 5.76. The molecule has 2 nitrogen and oxygen atoms in total. The van der Waals surface area contributed by atoms with Crippen LogP contribution in [0.1, 0.15) is 18.1 Å². The lowest BCUT2D eigenvalue weighted by molar-refractivity contribution is 0.171. The van der Waals surface area contributed by atoms with Crippen molar-refractivity contribution in [1.82, 2.24) is 5.32 Å².